The molecule has 166 valence electrons. The van der Waals surface area contributed by atoms with E-state index in [1.807, 2.05) is 20.8 Å². The van der Waals surface area contributed by atoms with Crippen LogP contribution in [-0.4, -0.2) is 90.6 Å². The SMILES string of the molecule is COC(=O)CCOCCOCCNCCOCCOCCC(=O)OC(C)(C)C. The average Bonchev–Trinajstić information content (AvgIpc) is 2.62. The maximum Gasteiger partial charge on any atom is 0.308 e. The third-order valence-electron chi connectivity index (χ3n) is 3.14. The van der Waals surface area contributed by atoms with Crippen LogP contribution in [0.3, 0.4) is 0 Å². The number of hydrogen-bond donors (Lipinski definition) is 1. The summed E-state index contributed by atoms with van der Waals surface area (Å²) in [5.41, 5.74) is -0.461. The summed E-state index contributed by atoms with van der Waals surface area (Å²) < 4.78 is 31.1. The molecule has 0 fully saturated rings. The number of carbonyl (C=O) groups excluding carboxylic acids is 2. The highest BCUT2D eigenvalue weighted by Crippen LogP contribution is 2.07. The normalized spacial score (nSPS) is 11.4. The molecule has 9 nitrogen and oxygen atoms in total. The second-order valence-corrected chi connectivity index (χ2v) is 6.86. The third kappa shape index (κ3) is 21.0. The summed E-state index contributed by atoms with van der Waals surface area (Å²) in [6.07, 6.45) is 0.502. The molecule has 0 saturated heterocycles. The summed E-state index contributed by atoms with van der Waals surface area (Å²) in [5.74, 6) is -0.535. The second-order valence-electron chi connectivity index (χ2n) is 6.86. The molecule has 0 rings (SSSR count). The predicted octanol–water partition coefficient (Wildman–Crippen LogP) is 0.937. The zero-order chi connectivity index (χ0) is 21.1. The van der Waals surface area contributed by atoms with Gasteiger partial charge in [0.15, 0.2) is 0 Å². The zero-order valence-corrected chi connectivity index (χ0v) is 17.8. The highest BCUT2D eigenvalue weighted by Gasteiger charge is 2.15. The van der Waals surface area contributed by atoms with Crippen LogP contribution < -0.4 is 5.32 Å². The van der Waals surface area contributed by atoms with Crippen molar-refractivity contribution in [2.24, 2.45) is 0 Å². The Hall–Kier alpha value is -1.26. The first-order chi connectivity index (χ1) is 13.3. The van der Waals surface area contributed by atoms with Crippen LogP contribution in [0.5, 0.6) is 0 Å². The smallest absolute Gasteiger partial charge is 0.308 e. The Labute approximate surface area is 168 Å². The van der Waals surface area contributed by atoms with Crippen molar-refractivity contribution in [2.45, 2.75) is 39.2 Å². The molecule has 28 heavy (non-hydrogen) atoms. The van der Waals surface area contributed by atoms with Crippen LogP contribution in [0.25, 0.3) is 0 Å². The van der Waals surface area contributed by atoms with Gasteiger partial charge in [-0.3, -0.25) is 9.59 Å². The first kappa shape index (κ1) is 26.7. The molecule has 0 radical (unpaired) electrons. The molecule has 0 spiro atoms. The number of esters is 2. The lowest BCUT2D eigenvalue weighted by molar-refractivity contribution is -0.156. The summed E-state index contributed by atoms with van der Waals surface area (Å²) >= 11 is 0. The van der Waals surface area contributed by atoms with Crippen molar-refractivity contribution in [2.75, 3.05) is 73.1 Å². The lowest BCUT2D eigenvalue weighted by atomic mass is 10.2. The van der Waals surface area contributed by atoms with Gasteiger partial charge in [-0.25, -0.2) is 0 Å². The van der Waals surface area contributed by atoms with E-state index < -0.39 is 5.60 Å². The molecule has 0 aromatic heterocycles. The topological polar surface area (TPSA) is 102 Å². The van der Waals surface area contributed by atoms with Crippen LogP contribution in [0.4, 0.5) is 0 Å². The van der Waals surface area contributed by atoms with Crippen molar-refractivity contribution in [1.29, 1.82) is 0 Å². The number of ether oxygens (including phenoxy) is 6. The Bertz CT molecular complexity index is 398. The molecule has 9 heteroatoms. The van der Waals surface area contributed by atoms with Crippen molar-refractivity contribution < 1.29 is 38.0 Å². The van der Waals surface area contributed by atoms with Gasteiger partial charge in [-0.2, -0.15) is 0 Å². The van der Waals surface area contributed by atoms with Gasteiger partial charge in [0, 0.05) is 13.1 Å². The van der Waals surface area contributed by atoms with Gasteiger partial charge in [0.2, 0.25) is 0 Å². The van der Waals surface area contributed by atoms with Gasteiger partial charge in [0.1, 0.15) is 5.60 Å². The van der Waals surface area contributed by atoms with E-state index in [1.165, 1.54) is 7.11 Å². The van der Waals surface area contributed by atoms with Crippen LogP contribution in [0.1, 0.15) is 33.6 Å². The van der Waals surface area contributed by atoms with E-state index in [0.29, 0.717) is 52.9 Å². The fourth-order valence-corrected chi connectivity index (χ4v) is 1.86. The molecule has 0 aliphatic rings. The minimum Gasteiger partial charge on any atom is -0.469 e. The molecule has 0 bridgehead atoms. The quantitative estimate of drug-likeness (QED) is 0.263. The molecule has 0 aliphatic heterocycles. The lowest BCUT2D eigenvalue weighted by Gasteiger charge is -2.19. The van der Waals surface area contributed by atoms with E-state index >= 15 is 0 Å². The molecule has 0 amide bonds. The molecule has 0 heterocycles. The van der Waals surface area contributed by atoms with Crippen LogP contribution in [0.2, 0.25) is 0 Å². The summed E-state index contributed by atoms with van der Waals surface area (Å²) in [6.45, 7) is 10.6. The molecule has 0 aromatic carbocycles. The average molecular weight is 408 g/mol. The molecule has 0 unspecified atom stereocenters. The van der Waals surface area contributed by atoms with Crippen molar-refractivity contribution in [3.05, 3.63) is 0 Å². The number of rotatable bonds is 18. The van der Waals surface area contributed by atoms with Gasteiger partial charge in [-0.05, 0) is 20.8 Å². The highest BCUT2D eigenvalue weighted by atomic mass is 16.6. The Morgan fingerprint density at radius 1 is 0.679 bits per heavy atom. The maximum atomic E-state index is 11.5. The fourth-order valence-electron chi connectivity index (χ4n) is 1.86. The van der Waals surface area contributed by atoms with E-state index in [-0.39, 0.29) is 24.8 Å². The van der Waals surface area contributed by atoms with Crippen molar-refractivity contribution in [3.63, 3.8) is 0 Å². The molecule has 0 atom stereocenters. The van der Waals surface area contributed by atoms with Gasteiger partial charge >= 0.3 is 11.9 Å². The summed E-state index contributed by atoms with van der Waals surface area (Å²) in [6, 6.07) is 0. The fraction of sp³-hybridized carbons (Fsp3) is 0.895. The lowest BCUT2D eigenvalue weighted by Crippen LogP contribution is -2.25. The minimum absolute atomic E-state index is 0.245. The second kappa shape index (κ2) is 17.8. The van der Waals surface area contributed by atoms with Gasteiger partial charge in [-0.1, -0.05) is 0 Å². The van der Waals surface area contributed by atoms with Crippen molar-refractivity contribution in [1.82, 2.24) is 5.32 Å². The third-order valence-corrected chi connectivity index (χ3v) is 3.14. The number of methoxy groups -OCH3 is 1. The standard InChI is InChI=1S/C19H37NO8/c1-19(2,3)28-18(22)6-10-25-14-16-27-12-8-20-7-11-26-15-13-24-9-5-17(21)23-4/h20H,5-16H2,1-4H3. The monoisotopic (exact) mass is 407 g/mol. The molecule has 0 aromatic rings. The Morgan fingerprint density at radius 2 is 1.11 bits per heavy atom. The zero-order valence-electron chi connectivity index (χ0n) is 17.8. The molecular weight excluding hydrogens is 370 g/mol. The number of carbonyl (C=O) groups is 2. The first-order valence-corrected chi connectivity index (χ1v) is 9.65. The van der Waals surface area contributed by atoms with E-state index in [2.05, 4.69) is 10.1 Å². The van der Waals surface area contributed by atoms with E-state index in [0.717, 1.165) is 13.1 Å². The Morgan fingerprint density at radius 3 is 1.54 bits per heavy atom. The van der Waals surface area contributed by atoms with Crippen LogP contribution in [-0.2, 0) is 38.0 Å². The highest BCUT2D eigenvalue weighted by molar-refractivity contribution is 5.70. The van der Waals surface area contributed by atoms with Gasteiger partial charge in [0.25, 0.3) is 0 Å². The molecule has 1 N–H and O–H groups in total. The largest absolute Gasteiger partial charge is 0.469 e. The predicted molar refractivity (Wildman–Crippen MR) is 103 cm³/mol. The van der Waals surface area contributed by atoms with Gasteiger partial charge in [-0.15, -0.1) is 0 Å². The molecular formula is C19H37NO8. The van der Waals surface area contributed by atoms with Crippen molar-refractivity contribution >= 4 is 11.9 Å². The summed E-state index contributed by atoms with van der Waals surface area (Å²) in [5, 5.41) is 3.19. The van der Waals surface area contributed by atoms with E-state index in [9.17, 15) is 9.59 Å². The van der Waals surface area contributed by atoms with Gasteiger partial charge in [0.05, 0.1) is 72.8 Å². The van der Waals surface area contributed by atoms with Gasteiger partial charge < -0.3 is 33.7 Å². The molecule has 0 saturated carbocycles. The Kier molecular flexibility index (Phi) is 17.0. The molecule has 0 aliphatic carbocycles. The van der Waals surface area contributed by atoms with Crippen LogP contribution in [0, 0.1) is 0 Å². The number of nitrogens with one attached hydrogen (secondary N) is 1. The van der Waals surface area contributed by atoms with Crippen LogP contribution >= 0.6 is 0 Å². The first-order valence-electron chi connectivity index (χ1n) is 9.65. The summed E-state index contributed by atoms with van der Waals surface area (Å²) in [4.78, 5) is 22.3. The van der Waals surface area contributed by atoms with Crippen LogP contribution in [0.15, 0.2) is 0 Å². The minimum atomic E-state index is -0.461. The maximum absolute atomic E-state index is 11.5. The summed E-state index contributed by atoms with van der Waals surface area (Å²) in [7, 11) is 1.35. The van der Waals surface area contributed by atoms with Crippen molar-refractivity contribution in [3.8, 4) is 0 Å². The Balaban J connectivity index is 3.16. The van der Waals surface area contributed by atoms with E-state index in [1.54, 1.807) is 0 Å². The number of hydrogen-bond acceptors (Lipinski definition) is 9. The van der Waals surface area contributed by atoms with E-state index in [4.69, 9.17) is 23.7 Å².